The Kier molecular flexibility index (Phi) is 4.23. The number of hydrogen-bond donors (Lipinski definition) is 0. The molecule has 0 spiro atoms. The van der Waals surface area contributed by atoms with Gasteiger partial charge in [0.05, 0.1) is 7.11 Å². The second-order valence-electron chi connectivity index (χ2n) is 4.37. The van der Waals surface area contributed by atoms with Gasteiger partial charge in [-0.1, -0.05) is 30.7 Å². The molecule has 0 heterocycles. The van der Waals surface area contributed by atoms with E-state index in [1.807, 2.05) is 31.2 Å². The van der Waals surface area contributed by atoms with E-state index in [-0.39, 0.29) is 11.7 Å². The Balaban J connectivity index is 2.20. The van der Waals surface area contributed by atoms with Gasteiger partial charge in [-0.25, -0.2) is 0 Å². The summed E-state index contributed by atoms with van der Waals surface area (Å²) in [5.74, 6) is 0.684. The van der Waals surface area contributed by atoms with Crippen LogP contribution in [0.25, 0.3) is 0 Å². The summed E-state index contributed by atoms with van der Waals surface area (Å²) in [6.07, 6.45) is 0. The van der Waals surface area contributed by atoms with Gasteiger partial charge in [0, 0.05) is 16.5 Å². The number of halogens is 1. The van der Waals surface area contributed by atoms with Crippen molar-refractivity contribution in [1.29, 1.82) is 0 Å². The lowest BCUT2D eigenvalue weighted by Crippen LogP contribution is -2.09. The first-order chi connectivity index (χ1) is 9.11. The molecule has 0 radical (unpaired) electrons. The lowest BCUT2D eigenvalue weighted by molar-refractivity contribution is 0.0966. The van der Waals surface area contributed by atoms with Gasteiger partial charge in [0.1, 0.15) is 5.75 Å². The Morgan fingerprint density at radius 2 is 1.63 bits per heavy atom. The quantitative estimate of drug-likeness (QED) is 0.776. The van der Waals surface area contributed by atoms with Gasteiger partial charge in [0.2, 0.25) is 0 Å². The molecule has 0 aromatic heterocycles. The van der Waals surface area contributed by atoms with E-state index in [0.29, 0.717) is 10.6 Å². The molecule has 19 heavy (non-hydrogen) atoms. The van der Waals surface area contributed by atoms with Crippen LogP contribution in [0.5, 0.6) is 5.75 Å². The van der Waals surface area contributed by atoms with Crippen LogP contribution in [0.4, 0.5) is 0 Å². The molecule has 0 saturated heterocycles. The average Bonchev–Trinajstić information content (AvgIpc) is 2.46. The molecule has 0 aliphatic rings. The van der Waals surface area contributed by atoms with E-state index < -0.39 is 0 Å². The zero-order chi connectivity index (χ0) is 13.8. The van der Waals surface area contributed by atoms with Crippen molar-refractivity contribution in [3.05, 3.63) is 64.7 Å². The Hall–Kier alpha value is -1.80. The smallest absolute Gasteiger partial charge is 0.170 e. The zero-order valence-electron chi connectivity index (χ0n) is 10.9. The number of hydrogen-bond acceptors (Lipinski definition) is 2. The van der Waals surface area contributed by atoms with Crippen LogP contribution < -0.4 is 4.74 Å². The molecule has 0 aliphatic heterocycles. The third kappa shape index (κ3) is 3.15. The highest BCUT2D eigenvalue weighted by molar-refractivity contribution is 6.30. The molecule has 0 saturated carbocycles. The fourth-order valence-corrected chi connectivity index (χ4v) is 2.03. The maximum absolute atomic E-state index is 12.3. The van der Waals surface area contributed by atoms with E-state index in [0.717, 1.165) is 11.3 Å². The Morgan fingerprint density at radius 1 is 1.05 bits per heavy atom. The second-order valence-corrected chi connectivity index (χ2v) is 4.80. The second kappa shape index (κ2) is 5.89. The predicted molar refractivity (Wildman–Crippen MR) is 77.2 cm³/mol. The van der Waals surface area contributed by atoms with Crippen molar-refractivity contribution in [2.45, 2.75) is 12.8 Å². The van der Waals surface area contributed by atoms with Crippen molar-refractivity contribution in [2.75, 3.05) is 7.11 Å². The van der Waals surface area contributed by atoms with Crippen LogP contribution in [0, 0.1) is 0 Å². The molecule has 2 aromatic rings. The number of Topliss-reactive ketones (excluding diaryl/α,β-unsaturated/α-hetero) is 1. The molecular weight excluding hydrogens is 260 g/mol. The number of ketones is 1. The van der Waals surface area contributed by atoms with Crippen molar-refractivity contribution in [2.24, 2.45) is 0 Å². The molecule has 0 aliphatic carbocycles. The summed E-state index contributed by atoms with van der Waals surface area (Å²) in [5.41, 5.74) is 1.65. The van der Waals surface area contributed by atoms with Crippen molar-refractivity contribution >= 4 is 17.4 Å². The molecule has 98 valence electrons. The van der Waals surface area contributed by atoms with Gasteiger partial charge in [-0.2, -0.15) is 0 Å². The standard InChI is InChI=1S/C16H15ClO2/c1-11(12-5-9-15(19-2)10-6-12)16(18)13-3-7-14(17)8-4-13/h3-11H,1-2H3. The first-order valence-corrected chi connectivity index (χ1v) is 6.43. The molecule has 0 N–H and O–H groups in total. The maximum Gasteiger partial charge on any atom is 0.170 e. The molecule has 1 atom stereocenters. The molecule has 2 aromatic carbocycles. The summed E-state index contributed by atoms with van der Waals surface area (Å²) in [6.45, 7) is 1.90. The Labute approximate surface area is 118 Å². The zero-order valence-corrected chi connectivity index (χ0v) is 11.6. The summed E-state index contributed by atoms with van der Waals surface area (Å²) in [7, 11) is 1.62. The highest BCUT2D eigenvalue weighted by Crippen LogP contribution is 2.23. The summed E-state index contributed by atoms with van der Waals surface area (Å²) in [4.78, 5) is 12.3. The number of benzene rings is 2. The van der Waals surface area contributed by atoms with Gasteiger partial charge in [0.15, 0.2) is 5.78 Å². The summed E-state index contributed by atoms with van der Waals surface area (Å²) < 4.78 is 5.11. The minimum Gasteiger partial charge on any atom is -0.497 e. The van der Waals surface area contributed by atoms with Gasteiger partial charge in [-0.05, 0) is 42.0 Å². The number of methoxy groups -OCH3 is 1. The van der Waals surface area contributed by atoms with Gasteiger partial charge < -0.3 is 4.74 Å². The minimum absolute atomic E-state index is 0.0850. The monoisotopic (exact) mass is 274 g/mol. The fraction of sp³-hybridized carbons (Fsp3) is 0.188. The van der Waals surface area contributed by atoms with Crippen molar-refractivity contribution in [1.82, 2.24) is 0 Å². The Morgan fingerprint density at radius 3 is 2.16 bits per heavy atom. The van der Waals surface area contributed by atoms with Gasteiger partial charge in [0.25, 0.3) is 0 Å². The highest BCUT2D eigenvalue weighted by Gasteiger charge is 2.17. The third-order valence-electron chi connectivity index (χ3n) is 3.14. The lowest BCUT2D eigenvalue weighted by atomic mass is 9.92. The largest absolute Gasteiger partial charge is 0.497 e. The number of rotatable bonds is 4. The molecule has 3 heteroatoms. The Bertz CT molecular complexity index is 558. The molecule has 2 rings (SSSR count). The SMILES string of the molecule is COc1ccc(C(C)C(=O)c2ccc(Cl)cc2)cc1. The molecule has 0 fully saturated rings. The summed E-state index contributed by atoms with van der Waals surface area (Å²) in [5, 5.41) is 0.633. The van der Waals surface area contributed by atoms with Crippen molar-refractivity contribution in [3.63, 3.8) is 0 Å². The molecular formula is C16H15ClO2. The first-order valence-electron chi connectivity index (χ1n) is 6.05. The lowest BCUT2D eigenvalue weighted by Gasteiger charge is -2.11. The van der Waals surface area contributed by atoms with E-state index in [2.05, 4.69) is 0 Å². The average molecular weight is 275 g/mol. The van der Waals surface area contributed by atoms with Crippen molar-refractivity contribution in [3.8, 4) is 5.75 Å². The van der Waals surface area contributed by atoms with E-state index in [4.69, 9.17) is 16.3 Å². The van der Waals surface area contributed by atoms with Crippen LogP contribution in [0.1, 0.15) is 28.8 Å². The van der Waals surface area contributed by atoms with Crippen LogP contribution in [0.2, 0.25) is 5.02 Å². The number of ether oxygens (including phenoxy) is 1. The van der Waals surface area contributed by atoms with E-state index in [1.165, 1.54) is 0 Å². The van der Waals surface area contributed by atoms with Gasteiger partial charge in [-0.15, -0.1) is 0 Å². The predicted octanol–water partition coefficient (Wildman–Crippen LogP) is 4.34. The summed E-state index contributed by atoms with van der Waals surface area (Å²) in [6, 6.07) is 14.5. The first kappa shape index (κ1) is 13.6. The number of carbonyl (C=O) groups is 1. The van der Waals surface area contributed by atoms with E-state index >= 15 is 0 Å². The highest BCUT2D eigenvalue weighted by atomic mass is 35.5. The van der Waals surface area contributed by atoms with Gasteiger partial charge in [-0.3, -0.25) is 4.79 Å². The van der Waals surface area contributed by atoms with Crippen LogP contribution in [-0.4, -0.2) is 12.9 Å². The van der Waals surface area contributed by atoms with Crippen LogP contribution in [0.15, 0.2) is 48.5 Å². The molecule has 0 bridgehead atoms. The maximum atomic E-state index is 12.3. The third-order valence-corrected chi connectivity index (χ3v) is 3.39. The van der Waals surface area contributed by atoms with Gasteiger partial charge >= 0.3 is 0 Å². The molecule has 0 amide bonds. The van der Waals surface area contributed by atoms with Crippen molar-refractivity contribution < 1.29 is 9.53 Å². The number of carbonyl (C=O) groups excluding carboxylic acids is 1. The molecule has 1 unspecified atom stereocenters. The van der Waals surface area contributed by atoms with Crippen LogP contribution in [-0.2, 0) is 0 Å². The van der Waals surface area contributed by atoms with Crippen LogP contribution >= 0.6 is 11.6 Å². The van der Waals surface area contributed by atoms with Crippen LogP contribution in [0.3, 0.4) is 0 Å². The topological polar surface area (TPSA) is 26.3 Å². The van der Waals surface area contributed by atoms with E-state index in [1.54, 1.807) is 31.4 Å². The minimum atomic E-state index is -0.188. The fourth-order valence-electron chi connectivity index (χ4n) is 1.91. The van der Waals surface area contributed by atoms with E-state index in [9.17, 15) is 4.79 Å². The molecule has 2 nitrogen and oxygen atoms in total. The normalized spacial score (nSPS) is 11.9. The summed E-state index contributed by atoms with van der Waals surface area (Å²) >= 11 is 5.82.